The molecule has 0 rings (SSSR count). The molecule has 13 heteroatoms. The second kappa shape index (κ2) is 24.4. The fourth-order valence-corrected chi connectivity index (χ4v) is 170. The molecule has 294 valence electrons. The molecule has 0 N–H and O–H groups in total. The Hall–Kier alpha value is 5.27. The van der Waals surface area contributed by atoms with Crippen molar-refractivity contribution in [3.63, 3.8) is 0 Å². The third kappa shape index (κ3) is 55.4. The van der Waals surface area contributed by atoms with Crippen LogP contribution in [0, 0.1) is 0 Å². The molecule has 0 spiro atoms. The minimum Gasteiger partial charge on any atom is 0 e. The van der Waals surface area contributed by atoms with Crippen LogP contribution in [0.2, 0.25) is 213 Å². The Morgan fingerprint density at radius 3 is 0.286 bits per heavy atom. The monoisotopic (exact) mass is 1350 g/mol. The van der Waals surface area contributed by atoms with Crippen LogP contribution in [0.4, 0.5) is 0 Å². The summed E-state index contributed by atoms with van der Waals surface area (Å²) in [4.78, 5) is 0. The summed E-state index contributed by atoms with van der Waals surface area (Å²) in [6.07, 6.45) is 0. The summed E-state index contributed by atoms with van der Waals surface area (Å²) in [5.41, 5.74) is 0. The van der Waals surface area contributed by atoms with Crippen LogP contribution in [0.25, 0.3) is 0 Å². The number of hydrogen-bond donors (Lipinski definition) is 0. The zero-order chi connectivity index (χ0) is 39.6. The third-order valence-corrected chi connectivity index (χ3v) is 141. The van der Waals surface area contributed by atoms with Gasteiger partial charge in [0.1, 0.15) is 0 Å². The third-order valence-electron chi connectivity index (χ3n) is 7.02. The Labute approximate surface area is 367 Å². The standard InChI is InChI=1S/9C4H11Si.3Sn.Tl/c9*1-5(2,3)4;;;;/h9*1H2,2-4H3;;;;. The van der Waals surface area contributed by atoms with Crippen molar-refractivity contribution in [2.45, 2.75) is 213 Å². The van der Waals surface area contributed by atoms with Gasteiger partial charge in [0, 0.05) is 27.3 Å². The minimum absolute atomic E-state index is 0. The van der Waals surface area contributed by atoms with Crippen molar-refractivity contribution in [3.05, 3.63) is 0 Å². The molecule has 0 saturated carbocycles. The van der Waals surface area contributed by atoms with Gasteiger partial charge in [0.05, 0.1) is 0 Å². The molecule has 0 bridgehead atoms. The maximum absolute atomic E-state index is 2.59. The summed E-state index contributed by atoms with van der Waals surface area (Å²) in [5.74, 6) is 0. The van der Waals surface area contributed by atoms with Gasteiger partial charge in [0.15, 0.2) is 0 Å². The number of hydrogen-bond acceptors (Lipinski definition) is 0. The first-order chi connectivity index (χ1) is 20.4. The molecule has 4 radical (unpaired) electrons. The molecule has 0 heterocycles. The largest absolute Gasteiger partial charge is 0 e. The molecular formula is C36H99Si9Sn3Tl. The van der Waals surface area contributed by atoms with Crippen LogP contribution >= 0.6 is 0 Å². The smallest absolute Gasteiger partial charge is 0 e. The summed E-state index contributed by atoms with van der Waals surface area (Å²) in [6, 6.07) is 0. The quantitative estimate of drug-likeness (QED) is 0.120. The maximum atomic E-state index is 2.59. The average molecular weight is 1350 g/mol. The van der Waals surface area contributed by atoms with Gasteiger partial charge in [-0.25, -0.2) is 0 Å². The van der Waals surface area contributed by atoms with E-state index in [0.717, 1.165) is 0 Å². The predicted molar refractivity (Wildman–Crippen MR) is 276 cm³/mol. The molecular weight excluding hydrogens is 1250 g/mol. The first-order valence-corrected chi connectivity index (χ1v) is 71.4. The van der Waals surface area contributed by atoms with Crippen LogP contribution in [-0.2, 0) is 0 Å². The average Bonchev–Trinajstić information content (AvgIpc) is 2.55. The van der Waals surface area contributed by atoms with Crippen molar-refractivity contribution in [1.29, 1.82) is 0 Å². The molecule has 0 aliphatic heterocycles. The fourth-order valence-electron chi connectivity index (χ4n) is 7.31. The van der Waals surface area contributed by atoms with Crippen LogP contribution in [0.5, 0.6) is 0 Å². The van der Waals surface area contributed by atoms with E-state index in [4.69, 9.17) is 0 Å². The zero-order valence-corrected chi connectivity index (χ0v) is 62.0. The first kappa shape index (κ1) is 60.9. The van der Waals surface area contributed by atoms with E-state index in [9.17, 15) is 0 Å². The van der Waals surface area contributed by atoms with E-state index in [1.807, 2.05) is 0 Å². The summed E-state index contributed by atoms with van der Waals surface area (Å²) in [6.45, 7) is 69.8. The summed E-state index contributed by atoms with van der Waals surface area (Å²) in [5, 5.41) is 0. The Kier molecular flexibility index (Phi) is 30.3. The van der Waals surface area contributed by atoms with Gasteiger partial charge in [-0.2, -0.15) is 0 Å². The summed E-state index contributed by atoms with van der Waals surface area (Å²) in [7, 11) is -7.09. The van der Waals surface area contributed by atoms with Crippen LogP contribution in [0.3, 0.4) is 0 Å². The van der Waals surface area contributed by atoms with Crippen molar-refractivity contribution in [2.75, 3.05) is 0 Å². The molecule has 0 nitrogen and oxygen atoms in total. The van der Waals surface area contributed by atoms with Gasteiger partial charge < -0.3 is 0 Å². The van der Waals surface area contributed by atoms with E-state index in [1.54, 1.807) is 36.5 Å². The number of rotatable bonds is 18. The van der Waals surface area contributed by atoms with Gasteiger partial charge in [-0.05, 0) is 0 Å². The molecule has 0 atom stereocenters. The molecule has 0 aromatic heterocycles. The van der Waals surface area contributed by atoms with Gasteiger partial charge in [0.2, 0.25) is 0 Å². The molecule has 0 aromatic carbocycles. The van der Waals surface area contributed by atoms with Gasteiger partial charge in [-0.1, -0.05) is 0 Å². The van der Waals surface area contributed by atoms with E-state index >= 15 is 0 Å². The van der Waals surface area contributed by atoms with Crippen LogP contribution in [0.15, 0.2) is 0 Å². The Balaban J connectivity index is -0.000000307. The fraction of sp³-hybridized carbons (Fsp3) is 1.00. The Bertz CT molecular complexity index is 630. The van der Waals surface area contributed by atoms with Gasteiger partial charge in [-0.3, -0.25) is 0 Å². The molecule has 0 aliphatic carbocycles. The zero-order valence-electron chi connectivity index (χ0n) is 39.9. The van der Waals surface area contributed by atoms with Gasteiger partial charge in [0.25, 0.3) is 0 Å². The molecule has 0 saturated heterocycles. The first-order valence-electron chi connectivity index (χ1n) is 19.9. The van der Waals surface area contributed by atoms with E-state index in [2.05, 4.69) is 177 Å². The minimum atomic E-state index is -1.04. The summed E-state index contributed by atoms with van der Waals surface area (Å²) >= 11 is -3.11. The van der Waals surface area contributed by atoms with Gasteiger partial charge in [-0.15, -0.1) is 0 Å². The molecule has 49 heavy (non-hydrogen) atoms. The SMILES string of the molecule is C[Si](C)(C)[CH2][Sn]([CH2][Si](C)(C)C)[CH2][Si](C)(C)C.C[Si](C)(C)[CH2][Sn]([CH2][Si](C)(C)C)[CH2][Si](C)(C)C.C[Si](C)(C)[CH2][Sn]([CH2][Si](C)(C)C)[CH2][Si](C)(C)C.[Tl]. The predicted octanol–water partition coefficient (Wildman–Crippen LogP) is 15.0. The van der Waals surface area contributed by atoms with Gasteiger partial charge >= 0.3 is 345 Å². The molecule has 0 amide bonds. The maximum Gasteiger partial charge on any atom is 0 e. The van der Waals surface area contributed by atoms with Crippen molar-refractivity contribution < 1.29 is 0 Å². The topological polar surface area (TPSA) is 0 Å². The van der Waals surface area contributed by atoms with Crippen molar-refractivity contribution in [2.24, 2.45) is 0 Å². The van der Waals surface area contributed by atoms with E-state index in [-0.39, 0.29) is 27.3 Å². The van der Waals surface area contributed by atoms with Crippen molar-refractivity contribution in [1.82, 2.24) is 0 Å². The molecule has 0 unspecified atom stereocenters. The summed E-state index contributed by atoms with van der Waals surface area (Å²) < 4.78 is 15.8. The second-order valence-electron chi connectivity index (χ2n) is 26.9. The van der Waals surface area contributed by atoms with Crippen LogP contribution in [-0.4, -0.2) is 159 Å². The molecule has 0 aliphatic rings. The normalized spacial score (nSPS) is 14.3. The Morgan fingerprint density at radius 1 is 0.184 bits per heavy atom. The van der Waals surface area contributed by atoms with Crippen LogP contribution in [0.1, 0.15) is 0 Å². The van der Waals surface area contributed by atoms with E-state index < -0.39 is 132 Å². The molecule has 0 aromatic rings. The van der Waals surface area contributed by atoms with E-state index in [1.165, 1.54) is 0 Å². The van der Waals surface area contributed by atoms with Crippen LogP contribution < -0.4 is 0 Å². The Morgan fingerprint density at radius 2 is 0.245 bits per heavy atom. The van der Waals surface area contributed by atoms with E-state index in [0.29, 0.717) is 0 Å². The second-order valence-corrected chi connectivity index (χ2v) is 116. The molecule has 0 fully saturated rings. The van der Waals surface area contributed by atoms with Crippen molar-refractivity contribution >= 4 is 159 Å². The van der Waals surface area contributed by atoms with Crippen molar-refractivity contribution in [3.8, 4) is 0 Å².